The molecule has 1 aromatic carbocycles. The highest BCUT2D eigenvalue weighted by Gasteiger charge is 2.40. The Bertz CT molecular complexity index is 490. The molecule has 2 atom stereocenters. The van der Waals surface area contributed by atoms with E-state index in [4.69, 9.17) is 10.5 Å². The Morgan fingerprint density at radius 2 is 2.05 bits per heavy atom. The maximum absolute atomic E-state index is 13.4. The molecule has 0 amide bonds. The van der Waals surface area contributed by atoms with Crippen molar-refractivity contribution < 1.29 is 9.13 Å². The van der Waals surface area contributed by atoms with Gasteiger partial charge in [-0.3, -0.25) is 0 Å². The predicted molar refractivity (Wildman–Crippen MR) is 82.6 cm³/mol. The molecular weight excluding hydrogens is 265 g/mol. The van der Waals surface area contributed by atoms with E-state index in [0.717, 1.165) is 25.0 Å². The van der Waals surface area contributed by atoms with Crippen molar-refractivity contribution >= 4 is 0 Å². The van der Waals surface area contributed by atoms with Crippen molar-refractivity contribution in [1.29, 1.82) is 0 Å². The number of hydrogen-bond donors (Lipinski definition) is 1. The minimum atomic E-state index is -0.151. The quantitative estimate of drug-likeness (QED) is 0.883. The van der Waals surface area contributed by atoms with Crippen LogP contribution in [0, 0.1) is 18.7 Å². The van der Waals surface area contributed by atoms with Gasteiger partial charge in [-0.2, -0.15) is 0 Å². The second-order valence-electron chi connectivity index (χ2n) is 6.88. The van der Waals surface area contributed by atoms with E-state index >= 15 is 0 Å². The molecule has 1 saturated carbocycles. The molecule has 2 aliphatic rings. The van der Waals surface area contributed by atoms with Crippen molar-refractivity contribution in [3.05, 3.63) is 35.1 Å². The van der Waals surface area contributed by atoms with Gasteiger partial charge in [0.2, 0.25) is 0 Å². The van der Waals surface area contributed by atoms with Gasteiger partial charge in [-0.25, -0.2) is 4.39 Å². The van der Waals surface area contributed by atoms with Crippen LogP contribution in [0.5, 0.6) is 0 Å². The summed E-state index contributed by atoms with van der Waals surface area (Å²) >= 11 is 0. The SMILES string of the molecule is Cc1cc(C(N)C2CCOC3(CCCCC3)C2)ccc1F. The molecule has 2 unspecified atom stereocenters. The summed E-state index contributed by atoms with van der Waals surface area (Å²) in [6.07, 6.45) is 8.31. The average Bonchev–Trinajstić information content (AvgIpc) is 2.50. The second-order valence-corrected chi connectivity index (χ2v) is 6.88. The van der Waals surface area contributed by atoms with Gasteiger partial charge < -0.3 is 10.5 Å². The largest absolute Gasteiger partial charge is 0.375 e. The van der Waals surface area contributed by atoms with Gasteiger partial charge in [0.1, 0.15) is 5.82 Å². The van der Waals surface area contributed by atoms with Crippen molar-refractivity contribution in [3.8, 4) is 0 Å². The molecule has 2 fully saturated rings. The normalized spacial score (nSPS) is 26.7. The molecule has 1 spiro atoms. The highest BCUT2D eigenvalue weighted by atomic mass is 19.1. The van der Waals surface area contributed by atoms with E-state index in [1.807, 2.05) is 12.1 Å². The lowest BCUT2D eigenvalue weighted by molar-refractivity contribution is -0.120. The first kappa shape index (κ1) is 15.0. The lowest BCUT2D eigenvalue weighted by Crippen LogP contribution is -2.44. The molecule has 1 aliphatic carbocycles. The highest BCUT2D eigenvalue weighted by Crippen LogP contribution is 2.43. The third-order valence-electron chi connectivity index (χ3n) is 5.37. The molecule has 2 N–H and O–H groups in total. The molecule has 1 heterocycles. The Kier molecular flexibility index (Phi) is 4.32. The van der Waals surface area contributed by atoms with E-state index in [0.29, 0.717) is 11.5 Å². The molecule has 0 bridgehead atoms. The number of halogens is 1. The summed E-state index contributed by atoms with van der Waals surface area (Å²) in [6, 6.07) is 5.28. The summed E-state index contributed by atoms with van der Waals surface area (Å²) in [7, 11) is 0. The maximum Gasteiger partial charge on any atom is 0.126 e. The van der Waals surface area contributed by atoms with Crippen molar-refractivity contribution in [1.82, 2.24) is 0 Å². The van der Waals surface area contributed by atoms with Gasteiger partial charge in [0.25, 0.3) is 0 Å². The van der Waals surface area contributed by atoms with Gasteiger partial charge >= 0.3 is 0 Å². The Morgan fingerprint density at radius 3 is 2.76 bits per heavy atom. The number of nitrogens with two attached hydrogens (primary N) is 1. The van der Waals surface area contributed by atoms with Crippen molar-refractivity contribution in [2.45, 2.75) is 63.5 Å². The van der Waals surface area contributed by atoms with Crippen molar-refractivity contribution in [3.63, 3.8) is 0 Å². The fourth-order valence-electron chi connectivity index (χ4n) is 4.06. The van der Waals surface area contributed by atoms with E-state index in [1.54, 1.807) is 13.0 Å². The smallest absolute Gasteiger partial charge is 0.126 e. The Balaban J connectivity index is 1.74. The Hall–Kier alpha value is -0.930. The van der Waals surface area contributed by atoms with Crippen LogP contribution < -0.4 is 5.73 Å². The van der Waals surface area contributed by atoms with Gasteiger partial charge in [-0.15, -0.1) is 0 Å². The predicted octanol–water partition coefficient (Wildman–Crippen LogP) is 4.26. The van der Waals surface area contributed by atoms with Crippen LogP contribution in [-0.2, 0) is 4.74 Å². The molecular formula is C18H26FNO. The monoisotopic (exact) mass is 291 g/mol. The summed E-state index contributed by atoms with van der Waals surface area (Å²) in [4.78, 5) is 0. The van der Waals surface area contributed by atoms with Gasteiger partial charge in [0, 0.05) is 12.6 Å². The van der Waals surface area contributed by atoms with Crippen LogP contribution in [0.25, 0.3) is 0 Å². The summed E-state index contributed by atoms with van der Waals surface area (Å²) in [5.41, 5.74) is 8.32. The van der Waals surface area contributed by atoms with E-state index in [9.17, 15) is 4.39 Å². The molecule has 116 valence electrons. The third-order valence-corrected chi connectivity index (χ3v) is 5.37. The van der Waals surface area contributed by atoms with Gasteiger partial charge in [0.05, 0.1) is 5.60 Å². The first-order valence-electron chi connectivity index (χ1n) is 8.25. The van der Waals surface area contributed by atoms with Crippen LogP contribution in [0.3, 0.4) is 0 Å². The number of ether oxygens (including phenoxy) is 1. The van der Waals surface area contributed by atoms with Crippen LogP contribution in [0.2, 0.25) is 0 Å². The fourth-order valence-corrected chi connectivity index (χ4v) is 4.06. The summed E-state index contributed by atoms with van der Waals surface area (Å²) in [6.45, 7) is 2.62. The second kappa shape index (κ2) is 6.05. The first-order valence-corrected chi connectivity index (χ1v) is 8.25. The van der Waals surface area contributed by atoms with Crippen LogP contribution in [0.15, 0.2) is 18.2 Å². The summed E-state index contributed by atoms with van der Waals surface area (Å²) in [5.74, 6) is 0.295. The molecule has 3 rings (SSSR count). The minimum Gasteiger partial charge on any atom is -0.375 e. The molecule has 3 heteroatoms. The first-order chi connectivity index (χ1) is 10.1. The Morgan fingerprint density at radius 1 is 1.29 bits per heavy atom. The van der Waals surface area contributed by atoms with E-state index in [2.05, 4.69) is 0 Å². The molecule has 1 saturated heterocycles. The molecule has 0 aromatic heterocycles. The maximum atomic E-state index is 13.4. The van der Waals surface area contributed by atoms with Crippen LogP contribution in [-0.4, -0.2) is 12.2 Å². The number of rotatable bonds is 2. The van der Waals surface area contributed by atoms with Crippen LogP contribution in [0.4, 0.5) is 4.39 Å². The average molecular weight is 291 g/mol. The standard InChI is InChI=1S/C18H26FNO/c1-13-11-14(5-6-16(13)19)17(20)15-7-10-21-18(12-15)8-3-2-4-9-18/h5-6,11,15,17H,2-4,7-10,12,20H2,1H3. The molecule has 2 nitrogen and oxygen atoms in total. The van der Waals surface area contributed by atoms with Crippen molar-refractivity contribution in [2.24, 2.45) is 11.7 Å². The van der Waals surface area contributed by atoms with Gasteiger partial charge in [0.15, 0.2) is 0 Å². The number of aryl methyl sites for hydroxylation is 1. The fraction of sp³-hybridized carbons (Fsp3) is 0.667. The zero-order valence-corrected chi connectivity index (χ0v) is 12.9. The van der Waals surface area contributed by atoms with E-state index in [1.165, 1.54) is 32.1 Å². The van der Waals surface area contributed by atoms with Crippen molar-refractivity contribution in [2.75, 3.05) is 6.61 Å². The van der Waals surface area contributed by atoms with Gasteiger partial charge in [-0.05, 0) is 55.7 Å². The third kappa shape index (κ3) is 3.14. The van der Waals surface area contributed by atoms with Crippen LogP contribution >= 0.6 is 0 Å². The topological polar surface area (TPSA) is 35.2 Å². The molecule has 0 radical (unpaired) electrons. The molecule has 1 aliphatic heterocycles. The zero-order valence-electron chi connectivity index (χ0n) is 12.9. The summed E-state index contributed by atoms with van der Waals surface area (Å²) in [5, 5.41) is 0. The lowest BCUT2D eigenvalue weighted by atomic mass is 9.73. The Labute approximate surface area is 126 Å². The lowest BCUT2D eigenvalue weighted by Gasteiger charge is -2.45. The van der Waals surface area contributed by atoms with Gasteiger partial charge in [-0.1, -0.05) is 31.4 Å². The highest BCUT2D eigenvalue weighted by molar-refractivity contribution is 5.27. The minimum absolute atomic E-state index is 0.00741. The van der Waals surface area contributed by atoms with E-state index < -0.39 is 0 Å². The number of benzene rings is 1. The zero-order chi connectivity index (χ0) is 14.9. The summed E-state index contributed by atoms with van der Waals surface area (Å²) < 4.78 is 19.6. The van der Waals surface area contributed by atoms with E-state index in [-0.39, 0.29) is 17.5 Å². The number of hydrogen-bond acceptors (Lipinski definition) is 2. The van der Waals surface area contributed by atoms with Crippen LogP contribution in [0.1, 0.15) is 62.1 Å². The molecule has 21 heavy (non-hydrogen) atoms. The molecule has 1 aromatic rings.